The summed E-state index contributed by atoms with van der Waals surface area (Å²) in [6.45, 7) is 8.21. The molecule has 1 aromatic rings. The summed E-state index contributed by atoms with van der Waals surface area (Å²) in [6, 6.07) is 0. The van der Waals surface area contributed by atoms with Crippen LogP contribution < -0.4 is 0 Å². The molecule has 154 valence electrons. The average molecular weight is 389 g/mol. The predicted molar refractivity (Wildman–Crippen MR) is 107 cm³/mol. The van der Waals surface area contributed by atoms with Gasteiger partial charge in [0.25, 0.3) is 5.91 Å². The molecule has 3 aliphatic rings. The molecule has 28 heavy (non-hydrogen) atoms. The second-order valence-electron chi connectivity index (χ2n) is 9.49. The van der Waals surface area contributed by atoms with Crippen molar-refractivity contribution in [1.82, 2.24) is 14.7 Å². The molecular weight excluding hydrogens is 356 g/mol. The van der Waals surface area contributed by atoms with Crippen molar-refractivity contribution in [1.29, 1.82) is 0 Å². The smallest absolute Gasteiger partial charge is 0.296 e. The van der Waals surface area contributed by atoms with Crippen LogP contribution in [-0.2, 0) is 28.4 Å². The van der Waals surface area contributed by atoms with E-state index in [2.05, 4.69) is 25.8 Å². The highest BCUT2D eigenvalue weighted by molar-refractivity contribution is 5.98. The normalized spacial score (nSPS) is 30.4. The van der Waals surface area contributed by atoms with E-state index in [9.17, 15) is 4.79 Å². The van der Waals surface area contributed by atoms with Crippen LogP contribution in [0.2, 0.25) is 0 Å². The molecule has 1 aromatic heterocycles. The van der Waals surface area contributed by atoms with Crippen molar-refractivity contribution < 1.29 is 14.3 Å². The number of carbonyl (C=O) groups is 1. The third-order valence-electron chi connectivity index (χ3n) is 7.33. The van der Waals surface area contributed by atoms with E-state index in [0.717, 1.165) is 36.9 Å². The fraction of sp³-hybridized carbons (Fsp3) is 0.762. The minimum absolute atomic E-state index is 0.0980. The van der Waals surface area contributed by atoms with Gasteiger partial charge in [-0.15, -0.1) is 0 Å². The van der Waals surface area contributed by atoms with Crippen LogP contribution in [0.15, 0.2) is 4.99 Å². The zero-order valence-electron chi connectivity index (χ0n) is 17.9. The van der Waals surface area contributed by atoms with Crippen molar-refractivity contribution in [2.45, 2.75) is 57.7 Å². The lowest BCUT2D eigenvalue weighted by Gasteiger charge is -2.59. The van der Waals surface area contributed by atoms with Crippen molar-refractivity contribution in [3.63, 3.8) is 0 Å². The van der Waals surface area contributed by atoms with Gasteiger partial charge in [-0.05, 0) is 25.2 Å². The Morgan fingerprint density at radius 3 is 2.57 bits per heavy atom. The first kappa shape index (κ1) is 19.6. The number of carbonyl (C=O) groups excluding carboxylic acids is 1. The lowest BCUT2D eigenvalue weighted by atomic mass is 9.49. The third kappa shape index (κ3) is 2.59. The molecule has 7 nitrogen and oxygen atoms in total. The van der Waals surface area contributed by atoms with Crippen molar-refractivity contribution in [3.05, 3.63) is 17.0 Å². The Bertz CT molecular complexity index is 820. The Morgan fingerprint density at radius 2 is 1.93 bits per heavy atom. The highest BCUT2D eigenvalue weighted by atomic mass is 16.7. The van der Waals surface area contributed by atoms with Crippen molar-refractivity contribution in [3.8, 4) is 0 Å². The van der Waals surface area contributed by atoms with Crippen LogP contribution in [0.25, 0.3) is 0 Å². The second kappa shape index (κ2) is 6.39. The van der Waals surface area contributed by atoms with Gasteiger partial charge in [-0.1, -0.05) is 20.8 Å². The van der Waals surface area contributed by atoms with Crippen LogP contribution in [-0.4, -0.2) is 60.0 Å². The third-order valence-corrected chi connectivity index (χ3v) is 7.33. The lowest BCUT2D eigenvalue weighted by molar-refractivity contribution is -0.276. The summed E-state index contributed by atoms with van der Waals surface area (Å²) < 4.78 is 14.1. The van der Waals surface area contributed by atoms with Crippen LogP contribution >= 0.6 is 0 Å². The molecular formula is C21H32N4O3. The van der Waals surface area contributed by atoms with Gasteiger partial charge >= 0.3 is 0 Å². The fourth-order valence-corrected chi connectivity index (χ4v) is 5.97. The second-order valence-corrected chi connectivity index (χ2v) is 9.49. The molecule has 1 spiro atoms. The molecule has 7 heteroatoms. The van der Waals surface area contributed by atoms with E-state index in [0.29, 0.717) is 24.8 Å². The Labute approximate surface area is 167 Å². The fourth-order valence-electron chi connectivity index (χ4n) is 5.97. The Kier molecular flexibility index (Phi) is 4.47. The first-order chi connectivity index (χ1) is 13.1. The molecule has 2 atom stereocenters. The summed E-state index contributed by atoms with van der Waals surface area (Å²) in [5.41, 5.74) is 2.54. The molecule has 2 aliphatic carbocycles. The maximum atomic E-state index is 12.8. The Balaban J connectivity index is 1.74. The molecule has 1 saturated heterocycles. The van der Waals surface area contributed by atoms with Gasteiger partial charge in [0.2, 0.25) is 0 Å². The van der Waals surface area contributed by atoms with Crippen molar-refractivity contribution in [2.75, 3.05) is 27.3 Å². The van der Waals surface area contributed by atoms with E-state index in [1.807, 2.05) is 21.1 Å². The van der Waals surface area contributed by atoms with Crippen molar-refractivity contribution >= 4 is 12.2 Å². The Hall–Kier alpha value is -1.73. The van der Waals surface area contributed by atoms with E-state index in [-0.39, 0.29) is 16.7 Å². The van der Waals surface area contributed by atoms with Crippen molar-refractivity contribution in [2.24, 2.45) is 23.4 Å². The number of aliphatic imine (C=N–C) groups is 1. The van der Waals surface area contributed by atoms with Crippen LogP contribution in [0.4, 0.5) is 0 Å². The first-order valence-electron chi connectivity index (χ1n) is 10.2. The quantitative estimate of drug-likeness (QED) is 0.575. The van der Waals surface area contributed by atoms with Crippen LogP contribution in [0, 0.1) is 11.3 Å². The highest BCUT2D eigenvalue weighted by Gasteiger charge is 2.64. The number of hydrogen-bond donors (Lipinski definition) is 0. The zero-order valence-corrected chi connectivity index (χ0v) is 17.9. The number of nitrogens with zero attached hydrogens (tertiary/aromatic N) is 4. The van der Waals surface area contributed by atoms with Gasteiger partial charge in [-0.2, -0.15) is 10.1 Å². The molecule has 1 saturated carbocycles. The maximum Gasteiger partial charge on any atom is 0.296 e. The molecule has 4 rings (SSSR count). The number of rotatable bonds is 2. The van der Waals surface area contributed by atoms with Gasteiger partial charge < -0.3 is 14.4 Å². The van der Waals surface area contributed by atoms with E-state index >= 15 is 0 Å². The standard InChI is InChI=1S/C21H32N4O3/c1-19(2)15-8-7-14-16(18(26)22-13-24(4)5)25(6)23-17(14)20(15,3)9-10-21(19)27-11-12-28-21/h13,15H,7-12H2,1-6H3/b22-13+/t15-,20-/m0/s1. The lowest BCUT2D eigenvalue weighted by Crippen LogP contribution is -2.61. The van der Waals surface area contributed by atoms with E-state index < -0.39 is 5.79 Å². The van der Waals surface area contributed by atoms with E-state index in [1.54, 1.807) is 15.9 Å². The molecule has 0 aromatic carbocycles. The number of aromatic nitrogens is 2. The Morgan fingerprint density at radius 1 is 1.25 bits per heavy atom. The summed E-state index contributed by atoms with van der Waals surface area (Å²) in [5.74, 6) is -0.332. The summed E-state index contributed by atoms with van der Waals surface area (Å²) >= 11 is 0. The molecule has 0 N–H and O–H groups in total. The van der Waals surface area contributed by atoms with E-state index in [4.69, 9.17) is 14.6 Å². The van der Waals surface area contributed by atoms with E-state index in [1.165, 1.54) is 0 Å². The monoisotopic (exact) mass is 388 g/mol. The van der Waals surface area contributed by atoms with Gasteiger partial charge in [0.05, 0.1) is 25.2 Å². The van der Waals surface area contributed by atoms with Crippen LogP contribution in [0.5, 0.6) is 0 Å². The van der Waals surface area contributed by atoms with Gasteiger partial charge in [0.1, 0.15) is 5.69 Å². The summed E-state index contributed by atoms with van der Waals surface area (Å²) in [4.78, 5) is 18.6. The number of aryl methyl sites for hydroxylation is 1. The highest BCUT2D eigenvalue weighted by Crippen LogP contribution is 2.62. The average Bonchev–Trinajstić information content (AvgIpc) is 3.23. The van der Waals surface area contributed by atoms with Gasteiger partial charge in [0.15, 0.2) is 5.79 Å². The minimum atomic E-state index is -0.488. The maximum absolute atomic E-state index is 12.8. The van der Waals surface area contributed by atoms with Gasteiger partial charge in [-0.25, -0.2) is 0 Å². The molecule has 0 unspecified atom stereocenters. The van der Waals surface area contributed by atoms with Gasteiger partial charge in [-0.3, -0.25) is 9.48 Å². The molecule has 0 bridgehead atoms. The largest absolute Gasteiger partial charge is 0.369 e. The zero-order chi connectivity index (χ0) is 20.3. The minimum Gasteiger partial charge on any atom is -0.369 e. The van der Waals surface area contributed by atoms with Crippen LogP contribution in [0.1, 0.15) is 61.8 Å². The molecule has 2 fully saturated rings. The molecule has 1 amide bonds. The number of ether oxygens (including phenoxy) is 2. The topological polar surface area (TPSA) is 69.0 Å². The number of hydrogen-bond acceptors (Lipinski definition) is 4. The first-order valence-corrected chi connectivity index (χ1v) is 10.2. The SMILES string of the molecule is CN(C)/C=N/C(=O)c1c2c(nn1C)[C@@]1(C)CCC3(OCCO3)C(C)(C)[C@@H]1CC2. The van der Waals surface area contributed by atoms with Gasteiger partial charge in [0, 0.05) is 44.0 Å². The number of amides is 1. The molecule has 1 aliphatic heterocycles. The summed E-state index contributed by atoms with van der Waals surface area (Å²) in [7, 11) is 5.57. The number of fused-ring (bicyclic) bond motifs is 3. The summed E-state index contributed by atoms with van der Waals surface area (Å²) in [6.07, 6.45) is 5.18. The molecule has 0 radical (unpaired) electrons. The summed E-state index contributed by atoms with van der Waals surface area (Å²) in [5, 5.41) is 4.86. The molecule has 2 heterocycles. The predicted octanol–water partition coefficient (Wildman–Crippen LogP) is 2.53. The van der Waals surface area contributed by atoms with Crippen LogP contribution in [0.3, 0.4) is 0 Å².